The molecule has 12 rings (SSSR count). The molecule has 0 spiro atoms. The van der Waals surface area contributed by atoms with Crippen molar-refractivity contribution >= 4 is 71.0 Å². The Morgan fingerprint density at radius 1 is 0.298 bits per heavy atom. The first-order valence-corrected chi connectivity index (χ1v) is 19.9. The summed E-state index contributed by atoms with van der Waals surface area (Å²) < 4.78 is 7.32. The van der Waals surface area contributed by atoms with Gasteiger partial charge in [-0.25, -0.2) is 0 Å². The highest BCUT2D eigenvalue weighted by Gasteiger charge is 2.19. The Balaban J connectivity index is 1.07. The zero-order chi connectivity index (χ0) is 37.5. The molecule has 3 heteroatoms. The van der Waals surface area contributed by atoms with E-state index in [0.717, 1.165) is 24.2 Å². The summed E-state index contributed by atoms with van der Waals surface area (Å²) in [5.41, 5.74) is 15.7. The molecule has 0 fully saturated rings. The summed E-state index contributed by atoms with van der Waals surface area (Å²) in [6, 6.07) is 67.0. The van der Waals surface area contributed by atoms with Gasteiger partial charge >= 0.3 is 0 Å². The second kappa shape index (κ2) is 12.6. The summed E-state index contributed by atoms with van der Waals surface area (Å²) in [5.74, 6) is 0. The molecular formula is C54H37N3. The predicted molar refractivity (Wildman–Crippen MR) is 241 cm³/mol. The Morgan fingerprint density at radius 3 is 1.25 bits per heavy atom. The van der Waals surface area contributed by atoms with Crippen LogP contribution in [-0.2, 0) is 0 Å². The highest BCUT2D eigenvalue weighted by atomic mass is 15.0. The molecule has 11 aromatic rings. The lowest BCUT2D eigenvalue weighted by Gasteiger charge is -2.15. The van der Waals surface area contributed by atoms with Crippen LogP contribution in [-0.4, -0.2) is 13.7 Å². The molecule has 1 aliphatic carbocycles. The van der Waals surface area contributed by atoms with Crippen molar-refractivity contribution in [1.82, 2.24) is 13.7 Å². The van der Waals surface area contributed by atoms with Crippen molar-refractivity contribution in [2.75, 3.05) is 0 Å². The number of aromatic nitrogens is 3. The first-order valence-electron chi connectivity index (χ1n) is 19.9. The van der Waals surface area contributed by atoms with Gasteiger partial charge in [0.15, 0.2) is 0 Å². The molecule has 57 heavy (non-hydrogen) atoms. The molecule has 0 saturated carbocycles. The second-order valence-electron chi connectivity index (χ2n) is 15.3. The van der Waals surface area contributed by atoms with E-state index < -0.39 is 0 Å². The van der Waals surface area contributed by atoms with Crippen molar-refractivity contribution < 1.29 is 0 Å². The first-order chi connectivity index (χ1) is 28.3. The maximum atomic E-state index is 2.46. The van der Waals surface area contributed by atoms with Gasteiger partial charge in [-0.1, -0.05) is 121 Å². The minimum Gasteiger partial charge on any atom is -0.309 e. The quantitative estimate of drug-likeness (QED) is 0.168. The number of allylic oxidation sites excluding steroid dienone is 4. The highest BCUT2D eigenvalue weighted by Crippen LogP contribution is 2.40. The fourth-order valence-corrected chi connectivity index (χ4v) is 9.49. The van der Waals surface area contributed by atoms with Crippen molar-refractivity contribution in [2.24, 2.45) is 0 Å². The number of nitrogens with zero attached hydrogens (tertiary/aromatic N) is 3. The van der Waals surface area contributed by atoms with Gasteiger partial charge < -0.3 is 13.7 Å². The van der Waals surface area contributed by atoms with Crippen LogP contribution in [0.3, 0.4) is 0 Å². The molecule has 3 heterocycles. The van der Waals surface area contributed by atoms with Crippen molar-refractivity contribution in [3.05, 3.63) is 206 Å². The van der Waals surface area contributed by atoms with Crippen LogP contribution in [0.15, 0.2) is 200 Å². The second-order valence-corrected chi connectivity index (χ2v) is 15.3. The highest BCUT2D eigenvalue weighted by molar-refractivity contribution is 6.14. The predicted octanol–water partition coefficient (Wildman–Crippen LogP) is 14.4. The standard InChI is InChI=1S/C54H37N3/c1-3-15-36(16-4-1)38-31-39(37-17-5-2-6-18-37)33-42(32-38)57-52-26-14-10-22-46(52)48-35-41(28-30-54(48)57)56-51-25-13-9-21-45(51)47-34-40(27-29-53(47)56)55-49-23-11-7-19-43(49)44-20-8-12-24-50(44)55/h1,3-5,7-35H,2,6H2. The van der Waals surface area contributed by atoms with Crippen molar-refractivity contribution in [2.45, 2.75) is 12.8 Å². The van der Waals surface area contributed by atoms with Gasteiger partial charge in [0.25, 0.3) is 0 Å². The molecular weight excluding hydrogens is 691 g/mol. The number of para-hydroxylation sites is 4. The van der Waals surface area contributed by atoms with E-state index in [1.54, 1.807) is 0 Å². The molecule has 0 radical (unpaired) electrons. The minimum atomic E-state index is 1.07. The first kappa shape index (κ1) is 31.9. The Kier molecular flexibility index (Phi) is 7.05. The SMILES string of the molecule is C1=CC(c2cc(-c3ccccc3)cc(-n3c4ccccc4c4cc(-n5c6ccccc6c6cc(-n7c8ccccc8c8ccccc87)ccc65)ccc43)c2)=CCC1. The van der Waals surface area contributed by atoms with Crippen LogP contribution in [0.2, 0.25) is 0 Å². The van der Waals surface area contributed by atoms with E-state index in [-0.39, 0.29) is 0 Å². The molecule has 0 N–H and O–H groups in total. The third-order valence-corrected chi connectivity index (χ3v) is 12.0. The van der Waals surface area contributed by atoms with Crippen LogP contribution in [0.25, 0.3) is 99.2 Å². The van der Waals surface area contributed by atoms with E-state index in [4.69, 9.17) is 0 Å². The zero-order valence-electron chi connectivity index (χ0n) is 31.3. The zero-order valence-corrected chi connectivity index (χ0v) is 31.3. The van der Waals surface area contributed by atoms with Crippen LogP contribution in [0, 0.1) is 0 Å². The largest absolute Gasteiger partial charge is 0.309 e. The van der Waals surface area contributed by atoms with Crippen LogP contribution < -0.4 is 0 Å². The molecule has 0 unspecified atom stereocenters. The number of hydrogen-bond donors (Lipinski definition) is 0. The molecule has 0 aliphatic heterocycles. The lowest BCUT2D eigenvalue weighted by atomic mass is 9.95. The number of fused-ring (bicyclic) bond motifs is 9. The average Bonchev–Trinajstić information content (AvgIpc) is 3.92. The Labute approximate surface area is 330 Å². The maximum absolute atomic E-state index is 2.46. The molecule has 3 aromatic heterocycles. The molecule has 268 valence electrons. The van der Waals surface area contributed by atoms with Gasteiger partial charge in [0.1, 0.15) is 0 Å². The molecule has 1 aliphatic rings. The van der Waals surface area contributed by atoms with Crippen molar-refractivity contribution in [3.63, 3.8) is 0 Å². The topological polar surface area (TPSA) is 14.8 Å². The van der Waals surface area contributed by atoms with Crippen LogP contribution >= 0.6 is 0 Å². The third-order valence-electron chi connectivity index (χ3n) is 12.0. The van der Waals surface area contributed by atoms with E-state index in [9.17, 15) is 0 Å². The summed E-state index contributed by atoms with van der Waals surface area (Å²) in [5, 5.41) is 7.51. The van der Waals surface area contributed by atoms with Crippen molar-refractivity contribution in [1.29, 1.82) is 0 Å². The van der Waals surface area contributed by atoms with Gasteiger partial charge in [-0.15, -0.1) is 0 Å². The molecule has 0 saturated heterocycles. The monoisotopic (exact) mass is 727 g/mol. The van der Waals surface area contributed by atoms with E-state index in [0.29, 0.717) is 0 Å². The lowest BCUT2D eigenvalue weighted by Crippen LogP contribution is -1.98. The summed E-state index contributed by atoms with van der Waals surface area (Å²) in [7, 11) is 0. The minimum absolute atomic E-state index is 1.07. The molecule has 0 amide bonds. The summed E-state index contributed by atoms with van der Waals surface area (Å²) in [6.07, 6.45) is 9.13. The van der Waals surface area contributed by atoms with Crippen LogP contribution in [0.1, 0.15) is 18.4 Å². The molecule has 0 atom stereocenters. The van der Waals surface area contributed by atoms with E-state index in [1.807, 2.05) is 0 Å². The summed E-state index contributed by atoms with van der Waals surface area (Å²) >= 11 is 0. The van der Waals surface area contributed by atoms with Gasteiger partial charge in [0.2, 0.25) is 0 Å². The van der Waals surface area contributed by atoms with E-state index in [1.165, 1.54) is 93.4 Å². The number of rotatable bonds is 5. The van der Waals surface area contributed by atoms with E-state index in [2.05, 4.69) is 214 Å². The Morgan fingerprint density at radius 2 is 0.737 bits per heavy atom. The third kappa shape index (κ3) is 4.92. The average molecular weight is 728 g/mol. The molecule has 0 bridgehead atoms. The lowest BCUT2D eigenvalue weighted by molar-refractivity contribution is 1.04. The van der Waals surface area contributed by atoms with Gasteiger partial charge in [-0.2, -0.15) is 0 Å². The van der Waals surface area contributed by atoms with Crippen molar-refractivity contribution in [3.8, 4) is 28.2 Å². The Hall–Kier alpha value is -7.36. The van der Waals surface area contributed by atoms with Gasteiger partial charge in [0, 0.05) is 49.4 Å². The molecule has 3 nitrogen and oxygen atoms in total. The fourth-order valence-electron chi connectivity index (χ4n) is 9.49. The fraction of sp³-hybridized carbons (Fsp3) is 0.0370. The smallest absolute Gasteiger partial charge is 0.0542 e. The molecule has 8 aromatic carbocycles. The van der Waals surface area contributed by atoms with Gasteiger partial charge in [-0.3, -0.25) is 0 Å². The Bertz CT molecular complexity index is 3400. The number of benzene rings is 8. The van der Waals surface area contributed by atoms with Gasteiger partial charge in [-0.05, 0) is 114 Å². The summed E-state index contributed by atoms with van der Waals surface area (Å²) in [4.78, 5) is 0. The van der Waals surface area contributed by atoms with Crippen LogP contribution in [0.4, 0.5) is 0 Å². The van der Waals surface area contributed by atoms with Crippen LogP contribution in [0.5, 0.6) is 0 Å². The number of hydrogen-bond acceptors (Lipinski definition) is 0. The summed E-state index contributed by atoms with van der Waals surface area (Å²) in [6.45, 7) is 0. The van der Waals surface area contributed by atoms with E-state index >= 15 is 0 Å². The normalized spacial score (nSPS) is 13.2. The van der Waals surface area contributed by atoms with Gasteiger partial charge in [0.05, 0.1) is 33.1 Å². The maximum Gasteiger partial charge on any atom is 0.0542 e.